The van der Waals surface area contributed by atoms with Gasteiger partial charge in [-0.25, -0.2) is 10.2 Å². The first kappa shape index (κ1) is 21.5. The van der Waals surface area contributed by atoms with Crippen molar-refractivity contribution in [3.8, 4) is 5.75 Å². The largest absolute Gasteiger partial charge is 0.508 e. The zero-order valence-corrected chi connectivity index (χ0v) is 17.5. The van der Waals surface area contributed by atoms with Crippen molar-refractivity contribution in [1.29, 1.82) is 0 Å². The van der Waals surface area contributed by atoms with Gasteiger partial charge in [0.25, 0.3) is 0 Å². The molecule has 1 heterocycles. The van der Waals surface area contributed by atoms with Crippen molar-refractivity contribution in [3.05, 3.63) is 45.8 Å². The number of hydrazone groups is 1. The number of carbonyl (C=O) groups excluding carboxylic acids is 3. The first-order valence-electron chi connectivity index (χ1n) is 9.64. The second-order valence-electron chi connectivity index (χ2n) is 7.02. The van der Waals surface area contributed by atoms with Crippen LogP contribution in [0.2, 0.25) is 0 Å². The van der Waals surface area contributed by atoms with Crippen molar-refractivity contribution in [2.24, 2.45) is 11.0 Å². The van der Waals surface area contributed by atoms with Crippen LogP contribution in [0.1, 0.15) is 46.6 Å². The Bertz CT molecular complexity index is 999. The minimum atomic E-state index is -0.971. The fourth-order valence-electron chi connectivity index (χ4n) is 3.24. The van der Waals surface area contributed by atoms with Gasteiger partial charge >= 0.3 is 17.8 Å². The van der Waals surface area contributed by atoms with Crippen LogP contribution in [0.15, 0.2) is 29.4 Å². The molecule has 0 saturated heterocycles. The van der Waals surface area contributed by atoms with Crippen LogP contribution in [0.4, 0.5) is 5.00 Å². The number of aromatic hydroxyl groups is 1. The second-order valence-corrected chi connectivity index (χ2v) is 8.13. The lowest BCUT2D eigenvalue weighted by Crippen LogP contribution is -2.32. The third-order valence-electron chi connectivity index (χ3n) is 4.67. The molecule has 3 N–H and O–H groups in total. The third kappa shape index (κ3) is 5.04. The lowest BCUT2D eigenvalue weighted by molar-refractivity contribution is -0.136. The summed E-state index contributed by atoms with van der Waals surface area (Å²) in [6, 6.07) is 6.27. The average Bonchev–Trinajstić information content (AvgIpc) is 3.04. The minimum absolute atomic E-state index is 0.0606. The number of phenolic OH excluding ortho intramolecular Hbond substituents is 1. The van der Waals surface area contributed by atoms with Crippen molar-refractivity contribution in [1.82, 2.24) is 5.43 Å². The monoisotopic (exact) mass is 429 g/mol. The number of hydrogen-bond acceptors (Lipinski definition) is 7. The van der Waals surface area contributed by atoms with E-state index in [4.69, 9.17) is 4.74 Å². The highest BCUT2D eigenvalue weighted by Gasteiger charge is 2.30. The van der Waals surface area contributed by atoms with Crippen molar-refractivity contribution in [2.45, 2.75) is 33.1 Å². The molecule has 9 heteroatoms. The van der Waals surface area contributed by atoms with Gasteiger partial charge in [-0.05, 0) is 55.4 Å². The molecule has 0 bridgehead atoms. The molecule has 0 fully saturated rings. The van der Waals surface area contributed by atoms with Crippen molar-refractivity contribution < 1.29 is 24.2 Å². The van der Waals surface area contributed by atoms with E-state index in [0.717, 1.165) is 29.7 Å². The van der Waals surface area contributed by atoms with E-state index in [1.165, 1.54) is 29.7 Å². The van der Waals surface area contributed by atoms with Gasteiger partial charge in [0, 0.05) is 4.88 Å². The van der Waals surface area contributed by atoms with E-state index < -0.39 is 17.8 Å². The SMILES string of the molecule is CCOC(=O)c1c(NC(=O)C(=O)N/N=C/c2cccc(O)c2)sc2c1CCC(C)C2. The Labute approximate surface area is 177 Å². The van der Waals surface area contributed by atoms with E-state index in [1.54, 1.807) is 19.1 Å². The van der Waals surface area contributed by atoms with Crippen LogP contribution >= 0.6 is 11.3 Å². The fraction of sp³-hybridized carbons (Fsp3) is 0.333. The molecule has 0 spiro atoms. The number of anilines is 1. The molecule has 0 saturated carbocycles. The predicted octanol–water partition coefficient (Wildman–Crippen LogP) is 2.84. The molecule has 8 nitrogen and oxygen atoms in total. The molecule has 1 atom stereocenters. The third-order valence-corrected chi connectivity index (χ3v) is 5.84. The lowest BCUT2D eigenvalue weighted by Gasteiger charge is -2.18. The van der Waals surface area contributed by atoms with Gasteiger partial charge in [0.05, 0.1) is 18.4 Å². The quantitative estimate of drug-likeness (QED) is 0.292. The number of esters is 1. The van der Waals surface area contributed by atoms with Gasteiger partial charge in [-0.2, -0.15) is 5.10 Å². The van der Waals surface area contributed by atoms with Crippen molar-refractivity contribution in [3.63, 3.8) is 0 Å². The van der Waals surface area contributed by atoms with Crippen LogP contribution < -0.4 is 10.7 Å². The van der Waals surface area contributed by atoms with Gasteiger partial charge in [-0.3, -0.25) is 9.59 Å². The summed E-state index contributed by atoms with van der Waals surface area (Å²) in [5, 5.41) is 16.0. The maximum atomic E-state index is 12.5. The van der Waals surface area contributed by atoms with Crippen LogP contribution in [-0.2, 0) is 27.2 Å². The van der Waals surface area contributed by atoms with Crippen LogP contribution in [0.25, 0.3) is 0 Å². The summed E-state index contributed by atoms with van der Waals surface area (Å²) in [4.78, 5) is 38.0. The standard InChI is InChI=1S/C21H23N3O5S/c1-3-29-21(28)17-15-8-7-12(2)9-16(15)30-20(17)23-18(26)19(27)24-22-11-13-5-4-6-14(25)10-13/h4-6,10-12,25H,3,7-9H2,1-2H3,(H,23,26)(H,24,27)/b22-11+. The van der Waals surface area contributed by atoms with E-state index in [9.17, 15) is 19.5 Å². The predicted molar refractivity (Wildman–Crippen MR) is 114 cm³/mol. The molecule has 2 aromatic rings. The van der Waals surface area contributed by atoms with Gasteiger partial charge in [-0.15, -0.1) is 11.3 Å². The Kier molecular flexibility index (Phi) is 6.83. The topological polar surface area (TPSA) is 117 Å². The van der Waals surface area contributed by atoms with E-state index in [-0.39, 0.29) is 12.4 Å². The average molecular weight is 429 g/mol. The molecule has 30 heavy (non-hydrogen) atoms. The smallest absolute Gasteiger partial charge is 0.341 e. The van der Waals surface area contributed by atoms with Crippen LogP contribution in [-0.4, -0.2) is 35.7 Å². The maximum Gasteiger partial charge on any atom is 0.341 e. The number of benzene rings is 1. The molecule has 1 aliphatic rings. The summed E-state index contributed by atoms with van der Waals surface area (Å²) in [6.45, 7) is 4.08. The molecular weight excluding hydrogens is 406 g/mol. The molecular formula is C21H23N3O5S. The molecule has 1 unspecified atom stereocenters. The first-order chi connectivity index (χ1) is 14.4. The highest BCUT2D eigenvalue weighted by Crippen LogP contribution is 2.40. The highest BCUT2D eigenvalue weighted by molar-refractivity contribution is 7.17. The Morgan fingerprint density at radius 2 is 2.13 bits per heavy atom. The summed E-state index contributed by atoms with van der Waals surface area (Å²) < 4.78 is 5.16. The van der Waals surface area contributed by atoms with E-state index >= 15 is 0 Å². The summed E-state index contributed by atoms with van der Waals surface area (Å²) in [5.41, 5.74) is 3.93. The summed E-state index contributed by atoms with van der Waals surface area (Å²) >= 11 is 1.31. The Hall–Kier alpha value is -3.20. The number of nitrogens with one attached hydrogen (secondary N) is 2. The number of nitrogens with zero attached hydrogens (tertiary/aromatic N) is 1. The lowest BCUT2D eigenvalue weighted by atomic mass is 9.88. The molecule has 158 valence electrons. The highest BCUT2D eigenvalue weighted by atomic mass is 32.1. The number of fused-ring (bicyclic) bond motifs is 1. The van der Waals surface area contributed by atoms with Crippen molar-refractivity contribution >= 4 is 40.3 Å². The normalized spacial score (nSPS) is 15.5. The molecule has 0 radical (unpaired) electrons. The maximum absolute atomic E-state index is 12.5. The number of carbonyl (C=O) groups is 3. The van der Waals surface area contributed by atoms with Gasteiger partial charge in [0.2, 0.25) is 0 Å². The molecule has 0 aliphatic heterocycles. The summed E-state index contributed by atoms with van der Waals surface area (Å²) in [7, 11) is 0. The number of ether oxygens (including phenoxy) is 1. The zero-order chi connectivity index (χ0) is 21.7. The van der Waals surface area contributed by atoms with Gasteiger partial charge < -0.3 is 15.2 Å². The minimum Gasteiger partial charge on any atom is -0.508 e. The van der Waals surface area contributed by atoms with E-state index in [0.29, 0.717) is 22.0 Å². The number of amides is 2. The molecule has 3 rings (SSSR count). The van der Waals surface area contributed by atoms with Crippen molar-refractivity contribution in [2.75, 3.05) is 11.9 Å². The number of rotatable bonds is 5. The van der Waals surface area contributed by atoms with Crippen LogP contribution in [0.5, 0.6) is 5.75 Å². The fourth-order valence-corrected chi connectivity index (χ4v) is 4.63. The molecule has 1 aromatic heterocycles. The Balaban J connectivity index is 1.72. The molecule has 1 aromatic carbocycles. The van der Waals surface area contributed by atoms with Gasteiger partial charge in [0.15, 0.2) is 0 Å². The summed E-state index contributed by atoms with van der Waals surface area (Å²) in [5.74, 6) is -1.85. The Morgan fingerprint density at radius 1 is 1.33 bits per heavy atom. The number of hydrogen-bond donors (Lipinski definition) is 3. The molecule has 2 amide bonds. The van der Waals surface area contributed by atoms with Crippen LogP contribution in [0, 0.1) is 5.92 Å². The molecule has 1 aliphatic carbocycles. The van der Waals surface area contributed by atoms with Gasteiger partial charge in [-0.1, -0.05) is 19.1 Å². The number of phenols is 1. The second kappa shape index (κ2) is 9.53. The number of thiophene rings is 1. The van der Waals surface area contributed by atoms with E-state index in [1.807, 2.05) is 0 Å². The Morgan fingerprint density at radius 3 is 2.87 bits per heavy atom. The zero-order valence-electron chi connectivity index (χ0n) is 16.7. The van der Waals surface area contributed by atoms with Crippen LogP contribution in [0.3, 0.4) is 0 Å². The van der Waals surface area contributed by atoms with E-state index in [2.05, 4.69) is 22.8 Å². The van der Waals surface area contributed by atoms with Gasteiger partial charge in [0.1, 0.15) is 10.8 Å². The summed E-state index contributed by atoms with van der Waals surface area (Å²) in [6.07, 6.45) is 3.81. The first-order valence-corrected chi connectivity index (χ1v) is 10.5.